The van der Waals surface area contributed by atoms with E-state index in [1.807, 2.05) is 66.7 Å². The van der Waals surface area contributed by atoms with E-state index in [9.17, 15) is 9.00 Å². The van der Waals surface area contributed by atoms with Crippen molar-refractivity contribution in [3.05, 3.63) is 92.4 Å². The molecule has 0 N–H and O–H groups in total. The summed E-state index contributed by atoms with van der Waals surface area (Å²) in [4.78, 5) is 23.9. The highest BCUT2D eigenvalue weighted by molar-refractivity contribution is 7.82. The molecule has 2 heterocycles. The van der Waals surface area contributed by atoms with E-state index in [0.29, 0.717) is 75.7 Å². The molecule has 1 fully saturated rings. The van der Waals surface area contributed by atoms with Crippen molar-refractivity contribution in [1.29, 1.82) is 0 Å². The van der Waals surface area contributed by atoms with Crippen LogP contribution in [0.1, 0.15) is 42.6 Å². The molecule has 2 aliphatic heterocycles. The summed E-state index contributed by atoms with van der Waals surface area (Å²) in [5.74, 6) is 1.50. The van der Waals surface area contributed by atoms with Crippen molar-refractivity contribution in [2.45, 2.75) is 30.8 Å². The number of amides is 2. The maximum Gasteiger partial charge on any atom is 0.326 e. The Balaban J connectivity index is 1.65. The molecule has 0 radical (unpaired) electrons. The molecule has 0 saturated carbocycles. The van der Waals surface area contributed by atoms with Gasteiger partial charge >= 0.3 is 6.03 Å². The Morgan fingerprint density at radius 3 is 2.12 bits per heavy atom. The van der Waals surface area contributed by atoms with Crippen molar-refractivity contribution >= 4 is 70.3 Å². The van der Waals surface area contributed by atoms with Crippen LogP contribution in [-0.4, -0.2) is 68.7 Å². The molecule has 0 aromatic heterocycles. The average Bonchev–Trinajstić information content (AvgIpc) is 3.39. The molecule has 3 aromatic rings. The summed E-state index contributed by atoms with van der Waals surface area (Å²) in [5.41, 5.74) is 2.38. The molecule has 12 heteroatoms. The molecule has 1 unspecified atom stereocenters. The van der Waals surface area contributed by atoms with Crippen LogP contribution in [0.15, 0.2) is 70.6 Å². The fraction of sp³-hybridized carbons (Fsp3) is 0.333. The highest BCUT2D eigenvalue weighted by Gasteiger charge is 2.45. The molecule has 1 saturated heterocycles. The van der Waals surface area contributed by atoms with E-state index in [4.69, 9.17) is 44.5 Å². The molecule has 2 amide bonds. The highest BCUT2D eigenvalue weighted by atomic mass is 35.5. The standard InChI is InChI=1S/C30H31Cl3N4O3S2/c1-3-40-25-18-24(33)26(41)17-23(25)29-34-27(19-5-9-21(31)10-6-19)28(20-7-11-22(32)12-8-20)37(29)30(38)35-13-15-36(16-14-35)42(39)4-2/h5-12,17-18,27-28,41H,3-4,13-16H2,1-2H3/t27-,28+,42?/m0/s1. The van der Waals surface area contributed by atoms with Gasteiger partial charge in [0, 0.05) is 52.9 Å². The first-order valence-corrected chi connectivity index (χ1v) is 16.5. The number of hydrogen-bond acceptors (Lipinski definition) is 5. The van der Waals surface area contributed by atoms with Gasteiger partial charge in [-0.25, -0.2) is 13.3 Å². The molecule has 0 spiro atoms. The maximum atomic E-state index is 14.6. The van der Waals surface area contributed by atoms with Gasteiger partial charge in [0.25, 0.3) is 0 Å². The van der Waals surface area contributed by atoms with Gasteiger partial charge in [-0.2, -0.15) is 0 Å². The second kappa shape index (κ2) is 13.6. The molecule has 7 nitrogen and oxygen atoms in total. The molecule has 0 bridgehead atoms. The lowest BCUT2D eigenvalue weighted by Crippen LogP contribution is -2.54. The Bertz CT molecular complexity index is 1500. The van der Waals surface area contributed by atoms with Crippen molar-refractivity contribution in [1.82, 2.24) is 14.1 Å². The Morgan fingerprint density at radius 2 is 1.55 bits per heavy atom. The van der Waals surface area contributed by atoms with Crippen molar-refractivity contribution in [3.63, 3.8) is 0 Å². The summed E-state index contributed by atoms with van der Waals surface area (Å²) in [7, 11) is -1.07. The van der Waals surface area contributed by atoms with Gasteiger partial charge in [0.15, 0.2) is 0 Å². The van der Waals surface area contributed by atoms with Crippen LogP contribution in [0.2, 0.25) is 15.1 Å². The van der Waals surface area contributed by atoms with Gasteiger partial charge in [0.1, 0.15) is 17.6 Å². The molecule has 5 rings (SSSR count). The number of hydrogen-bond donors (Lipinski definition) is 1. The van der Waals surface area contributed by atoms with E-state index in [0.717, 1.165) is 11.1 Å². The normalized spacial score (nSPS) is 20.0. The molecular weight excluding hydrogens is 635 g/mol. The van der Waals surface area contributed by atoms with Crippen LogP contribution in [0.3, 0.4) is 0 Å². The summed E-state index contributed by atoms with van der Waals surface area (Å²) < 4.78 is 20.3. The van der Waals surface area contributed by atoms with Gasteiger partial charge < -0.3 is 9.64 Å². The van der Waals surface area contributed by atoms with Gasteiger partial charge in [0.2, 0.25) is 0 Å². The quantitative estimate of drug-likeness (QED) is 0.270. The molecule has 222 valence electrons. The number of piperazine rings is 1. The second-order valence-electron chi connectivity index (χ2n) is 9.86. The number of aliphatic imine (C=N–C) groups is 1. The zero-order valence-corrected chi connectivity index (χ0v) is 27.2. The lowest BCUT2D eigenvalue weighted by molar-refractivity contribution is 0.144. The van der Waals surface area contributed by atoms with E-state index in [-0.39, 0.29) is 6.03 Å². The third kappa shape index (κ3) is 6.47. The SMILES string of the molecule is CCOc1cc(Cl)c(S)cc1C1=N[C@@H](c2ccc(Cl)cc2)[C@@H](c2ccc(Cl)cc2)N1C(=O)N1CCN(S(=O)CC)CC1. The summed E-state index contributed by atoms with van der Waals surface area (Å²) >= 11 is 23.5. The Hall–Kier alpha value is -2.27. The Kier molecular flexibility index (Phi) is 10.1. The van der Waals surface area contributed by atoms with Crippen LogP contribution >= 0.6 is 47.4 Å². The van der Waals surface area contributed by atoms with Crippen LogP contribution in [0.25, 0.3) is 0 Å². The number of benzene rings is 3. The van der Waals surface area contributed by atoms with Gasteiger partial charge in [-0.1, -0.05) is 66.0 Å². The minimum Gasteiger partial charge on any atom is -0.493 e. The fourth-order valence-corrected chi connectivity index (χ4v) is 6.80. The number of nitrogens with zero attached hydrogens (tertiary/aromatic N) is 4. The zero-order valence-electron chi connectivity index (χ0n) is 23.2. The van der Waals surface area contributed by atoms with Crippen LogP contribution in [0.5, 0.6) is 5.75 Å². The zero-order chi connectivity index (χ0) is 30.0. The smallest absolute Gasteiger partial charge is 0.326 e. The monoisotopic (exact) mass is 664 g/mol. The molecule has 3 aromatic carbocycles. The van der Waals surface area contributed by atoms with Crippen LogP contribution in [0, 0.1) is 0 Å². The molecular formula is C30H31Cl3N4O3S2. The summed E-state index contributed by atoms with van der Waals surface area (Å²) in [6.45, 7) is 6.09. The van der Waals surface area contributed by atoms with Crippen molar-refractivity contribution in [2.75, 3.05) is 38.5 Å². The van der Waals surface area contributed by atoms with Crippen molar-refractivity contribution in [3.8, 4) is 5.75 Å². The number of amidine groups is 1. The first kappa shape index (κ1) is 31.2. The van der Waals surface area contributed by atoms with Crippen molar-refractivity contribution in [2.24, 2.45) is 4.99 Å². The maximum absolute atomic E-state index is 14.6. The average molecular weight is 666 g/mol. The molecule has 0 aliphatic carbocycles. The predicted octanol–water partition coefficient (Wildman–Crippen LogP) is 7.30. The van der Waals surface area contributed by atoms with Gasteiger partial charge in [-0.3, -0.25) is 9.89 Å². The fourth-order valence-electron chi connectivity index (χ4n) is 5.27. The summed E-state index contributed by atoms with van der Waals surface area (Å²) in [6.07, 6.45) is 0. The lowest BCUT2D eigenvalue weighted by Gasteiger charge is -2.38. The van der Waals surface area contributed by atoms with E-state index < -0.39 is 23.1 Å². The predicted molar refractivity (Wildman–Crippen MR) is 174 cm³/mol. The number of urea groups is 1. The Labute approximate surface area is 269 Å². The molecule has 3 atom stereocenters. The second-order valence-corrected chi connectivity index (χ2v) is 13.4. The highest BCUT2D eigenvalue weighted by Crippen LogP contribution is 2.46. The summed E-state index contributed by atoms with van der Waals surface area (Å²) in [5, 5.41) is 1.63. The van der Waals surface area contributed by atoms with E-state index >= 15 is 0 Å². The van der Waals surface area contributed by atoms with Crippen LogP contribution in [0.4, 0.5) is 4.79 Å². The first-order valence-electron chi connectivity index (χ1n) is 13.7. The van der Waals surface area contributed by atoms with Crippen LogP contribution < -0.4 is 4.74 Å². The molecule has 42 heavy (non-hydrogen) atoms. The number of carbonyl (C=O) groups excluding carboxylic acids is 1. The van der Waals surface area contributed by atoms with E-state index in [2.05, 4.69) is 12.6 Å². The van der Waals surface area contributed by atoms with Gasteiger partial charge in [0.05, 0.1) is 34.2 Å². The van der Waals surface area contributed by atoms with Crippen molar-refractivity contribution < 1.29 is 13.7 Å². The number of halogens is 3. The number of thiol groups is 1. The van der Waals surface area contributed by atoms with E-state index in [1.165, 1.54) is 0 Å². The largest absolute Gasteiger partial charge is 0.493 e. The molecule has 2 aliphatic rings. The van der Waals surface area contributed by atoms with Crippen LogP contribution in [-0.2, 0) is 11.0 Å². The number of carbonyl (C=O) groups is 1. The van der Waals surface area contributed by atoms with Gasteiger partial charge in [-0.15, -0.1) is 12.6 Å². The third-order valence-corrected chi connectivity index (χ3v) is 10.1. The lowest BCUT2D eigenvalue weighted by atomic mass is 9.93. The van der Waals surface area contributed by atoms with Gasteiger partial charge in [-0.05, 0) is 48.4 Å². The summed E-state index contributed by atoms with van der Waals surface area (Å²) in [6, 6.07) is 17.3. The third-order valence-electron chi connectivity index (χ3n) is 7.33. The Morgan fingerprint density at radius 1 is 0.952 bits per heavy atom. The minimum absolute atomic E-state index is 0.204. The minimum atomic E-state index is -1.07. The van der Waals surface area contributed by atoms with E-state index in [1.54, 1.807) is 21.9 Å². The first-order chi connectivity index (χ1) is 20.2. The number of rotatable bonds is 7. The topological polar surface area (TPSA) is 65.5 Å². The number of ether oxygens (including phenoxy) is 1.